The minimum absolute atomic E-state index is 0.0981. The average Bonchev–Trinajstić information content (AvgIpc) is 3.20. The lowest BCUT2D eigenvalue weighted by molar-refractivity contribution is -0.132. The largest absolute Gasteiger partial charge is 0.488 e. The molecule has 2 aromatic heterocycles. The van der Waals surface area contributed by atoms with E-state index in [0.717, 1.165) is 5.56 Å². The van der Waals surface area contributed by atoms with Crippen LogP contribution in [0.5, 0.6) is 17.4 Å². The summed E-state index contributed by atoms with van der Waals surface area (Å²) < 4.78 is 13.5. The van der Waals surface area contributed by atoms with Crippen LogP contribution in [0.15, 0.2) is 55.0 Å². The Balaban J connectivity index is 1.60. The van der Waals surface area contributed by atoms with Gasteiger partial charge in [-0.3, -0.25) is 14.3 Å². The predicted octanol–water partition coefficient (Wildman–Crippen LogP) is 2.37. The summed E-state index contributed by atoms with van der Waals surface area (Å²) in [5.41, 5.74) is 1.33. The molecule has 0 saturated heterocycles. The number of aromatic nitrogens is 3. The summed E-state index contributed by atoms with van der Waals surface area (Å²) in [5.74, 6) is 0.841. The Labute approximate surface area is 186 Å². The van der Waals surface area contributed by atoms with Crippen molar-refractivity contribution in [1.29, 1.82) is 0 Å². The second kappa shape index (κ2) is 9.51. The molecule has 3 heterocycles. The first-order chi connectivity index (χ1) is 15.5. The van der Waals surface area contributed by atoms with Gasteiger partial charge in [0, 0.05) is 32.5 Å². The molecule has 9 heteroatoms. The topological polar surface area (TPSA) is 89.8 Å². The van der Waals surface area contributed by atoms with Crippen molar-refractivity contribution < 1.29 is 19.1 Å². The summed E-state index contributed by atoms with van der Waals surface area (Å²) in [7, 11) is 1.70. The predicted molar refractivity (Wildman–Crippen MR) is 117 cm³/mol. The Hall–Kier alpha value is -3.88. The fourth-order valence-electron chi connectivity index (χ4n) is 3.39. The van der Waals surface area contributed by atoms with Crippen molar-refractivity contribution in [2.45, 2.75) is 13.5 Å². The third kappa shape index (κ3) is 4.88. The first-order valence-electron chi connectivity index (χ1n) is 10.4. The van der Waals surface area contributed by atoms with Gasteiger partial charge in [-0.2, -0.15) is 5.10 Å². The van der Waals surface area contributed by atoms with Crippen LogP contribution in [0.2, 0.25) is 0 Å². The highest BCUT2D eigenvalue weighted by atomic mass is 16.5. The average molecular weight is 435 g/mol. The van der Waals surface area contributed by atoms with Gasteiger partial charge < -0.3 is 19.3 Å². The summed E-state index contributed by atoms with van der Waals surface area (Å²) in [5, 5.41) is 4.20. The number of aryl methyl sites for hydroxylation is 1. The lowest BCUT2D eigenvalue weighted by atomic mass is 10.2. The zero-order valence-electron chi connectivity index (χ0n) is 18.1. The molecule has 0 fully saturated rings. The molecule has 0 N–H and O–H groups in total. The van der Waals surface area contributed by atoms with Crippen molar-refractivity contribution >= 4 is 11.8 Å². The Bertz CT molecular complexity index is 1110. The van der Waals surface area contributed by atoms with Crippen LogP contribution in [-0.2, 0) is 11.3 Å². The molecule has 0 radical (unpaired) electrons. The molecular formula is C23H25N5O4. The Morgan fingerprint density at radius 1 is 1.09 bits per heavy atom. The van der Waals surface area contributed by atoms with Crippen molar-refractivity contribution in [2.75, 3.05) is 33.3 Å². The second-order valence-electron chi connectivity index (χ2n) is 7.58. The zero-order valence-corrected chi connectivity index (χ0v) is 18.1. The zero-order chi connectivity index (χ0) is 22.5. The van der Waals surface area contributed by atoms with E-state index in [2.05, 4.69) is 10.1 Å². The van der Waals surface area contributed by atoms with Crippen LogP contribution in [-0.4, -0.2) is 69.7 Å². The van der Waals surface area contributed by atoms with Gasteiger partial charge in [0.05, 0.1) is 12.7 Å². The van der Waals surface area contributed by atoms with Gasteiger partial charge in [0.2, 0.25) is 11.8 Å². The highest BCUT2D eigenvalue weighted by Crippen LogP contribution is 2.32. The molecule has 166 valence electrons. The van der Waals surface area contributed by atoms with Crippen LogP contribution in [0, 0.1) is 6.92 Å². The number of amides is 2. The van der Waals surface area contributed by atoms with E-state index >= 15 is 0 Å². The molecule has 32 heavy (non-hydrogen) atoms. The second-order valence-corrected chi connectivity index (χ2v) is 7.58. The van der Waals surface area contributed by atoms with Crippen molar-refractivity contribution in [2.24, 2.45) is 0 Å². The number of carbonyl (C=O) groups excluding carboxylic acids is 2. The number of likely N-dealkylation sites (N-methyl/N-ethyl adjacent to an activating group) is 1. The molecule has 0 aliphatic carbocycles. The Morgan fingerprint density at radius 2 is 1.91 bits per heavy atom. The SMILES string of the molecule is Cc1cnn(CC(=O)N2CCOc3ccccc3Oc3ncccc3C(=O)N(C)CC2)c1. The molecule has 1 aromatic carbocycles. The van der Waals surface area contributed by atoms with E-state index in [9.17, 15) is 9.59 Å². The van der Waals surface area contributed by atoms with E-state index in [0.29, 0.717) is 36.7 Å². The number of hydrogen-bond donors (Lipinski definition) is 0. The lowest BCUT2D eigenvalue weighted by Crippen LogP contribution is -2.42. The van der Waals surface area contributed by atoms with Crippen LogP contribution >= 0.6 is 0 Å². The minimum atomic E-state index is -0.235. The van der Waals surface area contributed by atoms with Gasteiger partial charge >= 0.3 is 0 Å². The Morgan fingerprint density at radius 3 is 2.69 bits per heavy atom. The molecule has 1 aliphatic rings. The summed E-state index contributed by atoms with van der Waals surface area (Å²) in [6.07, 6.45) is 5.11. The van der Waals surface area contributed by atoms with Crippen molar-refractivity contribution in [3.05, 3.63) is 66.1 Å². The summed E-state index contributed by atoms with van der Waals surface area (Å²) in [4.78, 5) is 33.5. The highest BCUT2D eigenvalue weighted by molar-refractivity contribution is 5.96. The number of carbonyl (C=O) groups is 2. The van der Waals surface area contributed by atoms with Gasteiger partial charge in [-0.25, -0.2) is 4.98 Å². The number of nitrogens with zero attached hydrogens (tertiary/aromatic N) is 5. The fraction of sp³-hybridized carbons (Fsp3) is 0.304. The number of ether oxygens (including phenoxy) is 2. The first-order valence-corrected chi connectivity index (χ1v) is 10.4. The quantitative estimate of drug-likeness (QED) is 0.614. The van der Waals surface area contributed by atoms with Gasteiger partial charge in [-0.1, -0.05) is 12.1 Å². The minimum Gasteiger partial charge on any atom is -0.488 e. The number of hydrogen-bond acceptors (Lipinski definition) is 6. The number of benzene rings is 1. The Kier molecular flexibility index (Phi) is 6.34. The standard InChI is InChI=1S/C23H25N5O4/c1-17-14-25-28(15-17)16-21(29)27-11-10-26(2)23(30)18-6-5-9-24-22(18)32-20-8-4-3-7-19(20)31-13-12-27/h3-9,14-15H,10-13,16H2,1-2H3. The monoisotopic (exact) mass is 435 g/mol. The fourth-order valence-corrected chi connectivity index (χ4v) is 3.39. The van der Waals surface area contributed by atoms with Gasteiger partial charge in [0.15, 0.2) is 11.5 Å². The lowest BCUT2D eigenvalue weighted by Gasteiger charge is -2.26. The third-order valence-electron chi connectivity index (χ3n) is 5.14. The van der Waals surface area contributed by atoms with Gasteiger partial charge in [0.1, 0.15) is 18.7 Å². The normalized spacial score (nSPS) is 14.8. The highest BCUT2D eigenvalue weighted by Gasteiger charge is 2.22. The molecule has 0 atom stereocenters. The van der Waals surface area contributed by atoms with Crippen molar-refractivity contribution in [3.8, 4) is 17.4 Å². The molecule has 0 unspecified atom stereocenters. The van der Waals surface area contributed by atoms with E-state index in [1.54, 1.807) is 58.2 Å². The van der Waals surface area contributed by atoms with E-state index in [1.165, 1.54) is 0 Å². The molecule has 4 rings (SSSR count). The molecule has 3 aromatic rings. The van der Waals surface area contributed by atoms with Crippen LogP contribution in [0.25, 0.3) is 0 Å². The van der Waals surface area contributed by atoms with Gasteiger partial charge in [0.25, 0.3) is 5.91 Å². The summed E-state index contributed by atoms with van der Waals surface area (Å²) in [6, 6.07) is 10.6. The number of fused-ring (bicyclic) bond motifs is 2. The van der Waals surface area contributed by atoms with E-state index in [1.807, 2.05) is 25.3 Å². The maximum Gasteiger partial charge on any atom is 0.259 e. The molecule has 1 aliphatic heterocycles. The van der Waals surface area contributed by atoms with Gasteiger partial charge in [-0.05, 0) is 36.8 Å². The number of para-hydroxylation sites is 2. The maximum absolute atomic E-state index is 13.1. The summed E-state index contributed by atoms with van der Waals surface area (Å²) >= 11 is 0. The van der Waals surface area contributed by atoms with Crippen LogP contribution in [0.3, 0.4) is 0 Å². The molecule has 2 amide bonds. The first kappa shape index (κ1) is 21.4. The third-order valence-corrected chi connectivity index (χ3v) is 5.14. The van der Waals surface area contributed by atoms with Crippen LogP contribution in [0.1, 0.15) is 15.9 Å². The molecule has 0 spiro atoms. The smallest absolute Gasteiger partial charge is 0.259 e. The number of pyridine rings is 1. The molecule has 0 bridgehead atoms. The van der Waals surface area contributed by atoms with Crippen LogP contribution in [0.4, 0.5) is 0 Å². The van der Waals surface area contributed by atoms with E-state index in [-0.39, 0.29) is 30.8 Å². The van der Waals surface area contributed by atoms with Crippen molar-refractivity contribution in [3.63, 3.8) is 0 Å². The van der Waals surface area contributed by atoms with E-state index < -0.39 is 0 Å². The van der Waals surface area contributed by atoms with Gasteiger partial charge in [-0.15, -0.1) is 0 Å². The summed E-state index contributed by atoms with van der Waals surface area (Å²) in [6.45, 7) is 3.40. The molecular weight excluding hydrogens is 410 g/mol. The molecule has 9 nitrogen and oxygen atoms in total. The maximum atomic E-state index is 13.1. The van der Waals surface area contributed by atoms with Crippen LogP contribution < -0.4 is 9.47 Å². The van der Waals surface area contributed by atoms with E-state index in [4.69, 9.17) is 9.47 Å². The number of rotatable bonds is 2. The molecule has 0 saturated carbocycles. The van der Waals surface area contributed by atoms with Crippen molar-refractivity contribution in [1.82, 2.24) is 24.6 Å².